The highest BCUT2D eigenvalue weighted by Crippen LogP contribution is 2.44. The molecule has 1 fully saturated rings. The maximum Gasteiger partial charge on any atom is 0.353 e. The van der Waals surface area contributed by atoms with Crippen molar-refractivity contribution >= 4 is 33.5 Å². The fourth-order valence-corrected chi connectivity index (χ4v) is 3.60. The molecule has 5 nitrogen and oxygen atoms in total. The van der Waals surface area contributed by atoms with Gasteiger partial charge in [-0.25, -0.2) is 4.79 Å². The SMILES string of the molecule is NC1C(=O)N2C(C(=O)O)=CSS[C@@H]12. The van der Waals surface area contributed by atoms with Gasteiger partial charge in [0.05, 0.1) is 0 Å². The van der Waals surface area contributed by atoms with Crippen LogP contribution in [0.15, 0.2) is 11.1 Å². The molecule has 2 heterocycles. The maximum absolute atomic E-state index is 11.2. The Morgan fingerprint density at radius 1 is 1.69 bits per heavy atom. The summed E-state index contributed by atoms with van der Waals surface area (Å²) in [6.45, 7) is 0. The molecule has 70 valence electrons. The molecule has 2 rings (SSSR count). The van der Waals surface area contributed by atoms with Crippen LogP contribution in [0.4, 0.5) is 0 Å². The summed E-state index contributed by atoms with van der Waals surface area (Å²) in [5, 5.41) is 9.98. The van der Waals surface area contributed by atoms with E-state index in [-0.39, 0.29) is 17.0 Å². The smallest absolute Gasteiger partial charge is 0.353 e. The Morgan fingerprint density at radius 3 is 3.00 bits per heavy atom. The van der Waals surface area contributed by atoms with E-state index in [4.69, 9.17) is 10.8 Å². The number of nitrogens with two attached hydrogens (primary N) is 1. The lowest BCUT2D eigenvalue weighted by molar-refractivity contribution is -0.147. The molecule has 2 aliphatic heterocycles. The van der Waals surface area contributed by atoms with Crippen LogP contribution < -0.4 is 5.73 Å². The first-order chi connectivity index (χ1) is 6.13. The minimum Gasteiger partial charge on any atom is -0.477 e. The van der Waals surface area contributed by atoms with Gasteiger partial charge in [-0.15, -0.1) is 0 Å². The largest absolute Gasteiger partial charge is 0.477 e. The third kappa shape index (κ3) is 1.15. The van der Waals surface area contributed by atoms with Gasteiger partial charge >= 0.3 is 5.97 Å². The maximum atomic E-state index is 11.2. The Labute approximate surface area is 81.7 Å². The number of carboxylic acids is 1. The molecule has 2 atom stereocenters. The average molecular weight is 218 g/mol. The van der Waals surface area contributed by atoms with Gasteiger partial charge in [0, 0.05) is 5.41 Å². The zero-order valence-electron chi connectivity index (χ0n) is 6.34. The number of aliphatic carboxylic acids is 1. The van der Waals surface area contributed by atoms with Crippen molar-refractivity contribution in [2.45, 2.75) is 11.4 Å². The number of fused-ring (bicyclic) bond motifs is 1. The molecular formula is C6H6N2O3S2. The molecule has 1 saturated heterocycles. The van der Waals surface area contributed by atoms with E-state index in [1.807, 2.05) is 0 Å². The van der Waals surface area contributed by atoms with Crippen LogP contribution in [0, 0.1) is 0 Å². The topological polar surface area (TPSA) is 83.6 Å². The van der Waals surface area contributed by atoms with E-state index in [2.05, 4.69) is 0 Å². The summed E-state index contributed by atoms with van der Waals surface area (Å²) in [6.07, 6.45) is 0. The summed E-state index contributed by atoms with van der Waals surface area (Å²) >= 11 is 0. The number of β-lactam (4-membered cyclic amide) rings is 1. The molecule has 13 heavy (non-hydrogen) atoms. The normalized spacial score (nSPS) is 31.9. The first-order valence-corrected chi connectivity index (χ1v) is 5.75. The number of carbonyl (C=O) groups excluding carboxylic acids is 1. The molecular weight excluding hydrogens is 212 g/mol. The lowest BCUT2D eigenvalue weighted by Crippen LogP contribution is -2.67. The zero-order chi connectivity index (χ0) is 9.59. The van der Waals surface area contributed by atoms with E-state index in [9.17, 15) is 9.59 Å². The zero-order valence-corrected chi connectivity index (χ0v) is 7.97. The van der Waals surface area contributed by atoms with Gasteiger partial charge in [0.2, 0.25) is 5.91 Å². The molecule has 0 aliphatic carbocycles. The van der Waals surface area contributed by atoms with E-state index in [1.165, 1.54) is 31.9 Å². The molecule has 0 aromatic heterocycles. The Kier molecular flexibility index (Phi) is 2.01. The number of hydrogen-bond donors (Lipinski definition) is 2. The average Bonchev–Trinajstić information content (AvgIpc) is 2.15. The van der Waals surface area contributed by atoms with Gasteiger partial charge < -0.3 is 10.8 Å². The van der Waals surface area contributed by atoms with Gasteiger partial charge in [-0.1, -0.05) is 21.6 Å². The Hall–Kier alpha value is -0.660. The molecule has 0 saturated carbocycles. The monoisotopic (exact) mass is 218 g/mol. The summed E-state index contributed by atoms with van der Waals surface area (Å²) in [5.74, 6) is -1.40. The van der Waals surface area contributed by atoms with Crippen LogP contribution in [-0.4, -0.2) is 33.3 Å². The number of nitrogens with zero attached hydrogens (tertiary/aromatic N) is 1. The number of rotatable bonds is 1. The molecule has 0 aromatic rings. The first kappa shape index (κ1) is 8.92. The van der Waals surface area contributed by atoms with Crippen LogP contribution in [0.3, 0.4) is 0 Å². The van der Waals surface area contributed by atoms with Gasteiger partial charge in [0.1, 0.15) is 17.1 Å². The quantitative estimate of drug-likeness (QED) is 0.468. The summed E-state index contributed by atoms with van der Waals surface area (Å²) in [7, 11) is 2.70. The van der Waals surface area contributed by atoms with Gasteiger partial charge in [-0.2, -0.15) is 0 Å². The molecule has 7 heteroatoms. The van der Waals surface area contributed by atoms with Crippen LogP contribution in [0.1, 0.15) is 0 Å². The minimum atomic E-state index is -1.09. The van der Waals surface area contributed by atoms with Crippen molar-refractivity contribution in [1.82, 2.24) is 4.90 Å². The molecule has 0 bridgehead atoms. The second-order valence-corrected chi connectivity index (χ2v) is 4.88. The number of carboxylic acid groups (broad SMARTS) is 1. The summed E-state index contributed by atoms with van der Waals surface area (Å²) in [4.78, 5) is 23.1. The third-order valence-corrected chi connectivity index (χ3v) is 4.22. The van der Waals surface area contributed by atoms with Crippen LogP contribution in [0.2, 0.25) is 0 Å². The summed E-state index contributed by atoms with van der Waals surface area (Å²) in [5.41, 5.74) is 5.52. The highest BCUT2D eigenvalue weighted by Gasteiger charge is 2.50. The van der Waals surface area contributed by atoms with Crippen LogP contribution in [0.5, 0.6) is 0 Å². The molecule has 0 aromatic carbocycles. The molecule has 0 radical (unpaired) electrons. The molecule has 1 amide bonds. The number of amides is 1. The second kappa shape index (κ2) is 2.93. The Bertz CT molecular complexity index is 317. The lowest BCUT2D eigenvalue weighted by Gasteiger charge is -2.45. The van der Waals surface area contributed by atoms with E-state index >= 15 is 0 Å². The van der Waals surface area contributed by atoms with Crippen molar-refractivity contribution in [2.24, 2.45) is 5.73 Å². The fraction of sp³-hybridized carbons (Fsp3) is 0.333. The first-order valence-electron chi connectivity index (χ1n) is 3.47. The Morgan fingerprint density at radius 2 is 2.38 bits per heavy atom. The lowest BCUT2D eigenvalue weighted by atomic mass is 10.1. The molecule has 1 unspecified atom stereocenters. The fourth-order valence-electron chi connectivity index (χ4n) is 1.19. The van der Waals surface area contributed by atoms with Crippen molar-refractivity contribution in [3.8, 4) is 0 Å². The van der Waals surface area contributed by atoms with E-state index in [0.717, 1.165) is 0 Å². The third-order valence-electron chi connectivity index (χ3n) is 1.88. The predicted molar refractivity (Wildman–Crippen MR) is 49.5 cm³/mol. The van der Waals surface area contributed by atoms with Crippen molar-refractivity contribution in [3.63, 3.8) is 0 Å². The highest BCUT2D eigenvalue weighted by atomic mass is 33.1. The van der Waals surface area contributed by atoms with Gasteiger partial charge in [0.15, 0.2) is 0 Å². The molecule has 2 aliphatic rings. The van der Waals surface area contributed by atoms with Crippen LogP contribution in [-0.2, 0) is 9.59 Å². The summed E-state index contributed by atoms with van der Waals surface area (Å²) < 4.78 is 0. The van der Waals surface area contributed by atoms with Crippen molar-refractivity contribution in [3.05, 3.63) is 11.1 Å². The van der Waals surface area contributed by atoms with Gasteiger partial charge in [0.25, 0.3) is 0 Å². The van der Waals surface area contributed by atoms with Gasteiger partial charge in [-0.3, -0.25) is 9.69 Å². The summed E-state index contributed by atoms with van der Waals surface area (Å²) in [6, 6.07) is -0.555. The minimum absolute atomic E-state index is 0.0282. The van der Waals surface area contributed by atoms with E-state index < -0.39 is 12.0 Å². The number of hydrogen-bond acceptors (Lipinski definition) is 5. The second-order valence-electron chi connectivity index (χ2n) is 2.63. The molecule has 3 N–H and O–H groups in total. The van der Waals surface area contributed by atoms with Crippen molar-refractivity contribution < 1.29 is 14.7 Å². The van der Waals surface area contributed by atoms with Gasteiger partial charge in [-0.05, 0) is 0 Å². The standard InChI is InChI=1S/C6H6N2O3S2/c7-3-4(9)8-2(6(10)11)1-12-13-5(3)8/h1,3,5H,7H2,(H,10,11)/t3?,5-/m0/s1. The number of carbonyl (C=O) groups is 2. The van der Waals surface area contributed by atoms with Crippen LogP contribution in [0.25, 0.3) is 0 Å². The predicted octanol–water partition coefficient (Wildman–Crippen LogP) is -0.197. The van der Waals surface area contributed by atoms with Crippen LogP contribution >= 0.6 is 21.6 Å². The van der Waals surface area contributed by atoms with Crippen molar-refractivity contribution in [2.75, 3.05) is 0 Å². The van der Waals surface area contributed by atoms with E-state index in [0.29, 0.717) is 0 Å². The Balaban J connectivity index is 2.27. The van der Waals surface area contributed by atoms with Crippen molar-refractivity contribution in [1.29, 1.82) is 0 Å². The molecule has 0 spiro atoms. The highest BCUT2D eigenvalue weighted by molar-refractivity contribution is 8.78. The van der Waals surface area contributed by atoms with E-state index in [1.54, 1.807) is 0 Å².